The Morgan fingerprint density at radius 2 is 2.35 bits per heavy atom. The smallest absolute Gasteiger partial charge is 0.175 e. The number of aryl methyl sites for hydroxylation is 2. The van der Waals surface area contributed by atoms with Gasteiger partial charge >= 0.3 is 0 Å². The normalized spacial score (nSPS) is 18.1. The number of ketones is 1. The van der Waals surface area contributed by atoms with Crippen LogP contribution in [0, 0.1) is 6.92 Å². The highest BCUT2D eigenvalue weighted by atomic mass is 16.3. The van der Waals surface area contributed by atoms with Crippen LogP contribution >= 0.6 is 0 Å². The van der Waals surface area contributed by atoms with E-state index in [4.69, 9.17) is 4.42 Å². The van der Waals surface area contributed by atoms with Gasteiger partial charge in [-0.3, -0.25) is 9.78 Å². The van der Waals surface area contributed by atoms with E-state index in [0.29, 0.717) is 11.3 Å². The molecule has 0 aliphatic heterocycles. The Labute approximate surface area is 99.5 Å². The molecule has 3 rings (SSSR count). The molecule has 0 N–H and O–H groups in total. The van der Waals surface area contributed by atoms with E-state index in [1.807, 2.05) is 13.0 Å². The number of hydrogen-bond donors (Lipinski definition) is 0. The highest BCUT2D eigenvalue weighted by Gasteiger charge is 2.31. The van der Waals surface area contributed by atoms with E-state index >= 15 is 0 Å². The van der Waals surface area contributed by atoms with Crippen molar-refractivity contribution >= 4 is 5.78 Å². The van der Waals surface area contributed by atoms with Gasteiger partial charge in [0.1, 0.15) is 5.76 Å². The summed E-state index contributed by atoms with van der Waals surface area (Å²) in [6.45, 7) is 1.82. The summed E-state index contributed by atoms with van der Waals surface area (Å²) in [4.78, 5) is 16.7. The molecule has 2 aromatic rings. The molecule has 1 aliphatic rings. The van der Waals surface area contributed by atoms with Crippen LogP contribution in [0.5, 0.6) is 0 Å². The van der Waals surface area contributed by atoms with E-state index in [0.717, 1.165) is 18.5 Å². The molecule has 86 valence electrons. The highest BCUT2D eigenvalue weighted by molar-refractivity contribution is 6.02. The van der Waals surface area contributed by atoms with Crippen molar-refractivity contribution in [1.29, 1.82) is 0 Å². The topological polar surface area (TPSA) is 43.1 Å². The zero-order valence-corrected chi connectivity index (χ0v) is 9.64. The molecule has 1 unspecified atom stereocenters. The average molecular weight is 227 g/mol. The third-order valence-electron chi connectivity index (χ3n) is 3.40. The summed E-state index contributed by atoms with van der Waals surface area (Å²) in [6, 6.07) is 5.73. The molecule has 0 saturated heterocycles. The van der Waals surface area contributed by atoms with Gasteiger partial charge in [0, 0.05) is 6.20 Å². The number of aromatic nitrogens is 1. The molecule has 0 saturated carbocycles. The summed E-state index contributed by atoms with van der Waals surface area (Å²) in [5.41, 5.74) is 2.83. The number of carbonyl (C=O) groups is 1. The van der Waals surface area contributed by atoms with Gasteiger partial charge < -0.3 is 4.42 Å². The van der Waals surface area contributed by atoms with Gasteiger partial charge in [-0.25, -0.2) is 0 Å². The molecular weight excluding hydrogens is 214 g/mol. The first-order valence-corrected chi connectivity index (χ1v) is 5.79. The first-order valence-electron chi connectivity index (χ1n) is 5.79. The number of Topliss-reactive ketones (excluding diaryl/α,β-unsaturated/α-hetero) is 1. The second-order valence-corrected chi connectivity index (χ2v) is 4.39. The largest absolute Gasteiger partial charge is 0.469 e. The zero-order valence-electron chi connectivity index (χ0n) is 9.64. The summed E-state index contributed by atoms with van der Waals surface area (Å²) in [5, 5.41) is 0. The molecule has 0 bridgehead atoms. The molecule has 2 heterocycles. The van der Waals surface area contributed by atoms with Crippen LogP contribution in [-0.2, 0) is 6.42 Å². The van der Waals surface area contributed by atoms with Crippen molar-refractivity contribution in [2.75, 3.05) is 0 Å². The Hall–Kier alpha value is -1.90. The standard InChI is InChI=1S/C14H13NO2/c1-9-11(6-8-17-9)14(16)12-5-4-10-3-2-7-15-13(10)12/h2-3,6-8,12H,4-5H2,1H3. The van der Waals surface area contributed by atoms with Gasteiger partial charge in [-0.05, 0) is 37.5 Å². The van der Waals surface area contributed by atoms with E-state index in [-0.39, 0.29) is 11.7 Å². The van der Waals surface area contributed by atoms with E-state index in [9.17, 15) is 4.79 Å². The highest BCUT2D eigenvalue weighted by Crippen LogP contribution is 2.34. The molecule has 1 aliphatic carbocycles. The predicted molar refractivity (Wildman–Crippen MR) is 63.1 cm³/mol. The maximum atomic E-state index is 12.4. The molecule has 3 nitrogen and oxygen atoms in total. The first kappa shape index (κ1) is 10.3. The van der Waals surface area contributed by atoms with Gasteiger partial charge in [0.2, 0.25) is 0 Å². The molecule has 0 amide bonds. The number of hydrogen-bond acceptors (Lipinski definition) is 3. The molecular formula is C14H13NO2. The summed E-state index contributed by atoms with van der Waals surface area (Å²) in [6.07, 6.45) is 5.12. The van der Waals surface area contributed by atoms with Crippen molar-refractivity contribution in [2.45, 2.75) is 25.7 Å². The van der Waals surface area contributed by atoms with Crippen LogP contribution in [0.2, 0.25) is 0 Å². The summed E-state index contributed by atoms with van der Waals surface area (Å²) >= 11 is 0. The number of pyridine rings is 1. The molecule has 17 heavy (non-hydrogen) atoms. The second kappa shape index (κ2) is 3.84. The number of fused-ring (bicyclic) bond motifs is 1. The van der Waals surface area contributed by atoms with Crippen LogP contribution in [0.1, 0.15) is 39.7 Å². The zero-order chi connectivity index (χ0) is 11.8. The van der Waals surface area contributed by atoms with Gasteiger partial charge in [-0.1, -0.05) is 6.07 Å². The molecule has 0 spiro atoms. The Bertz CT molecular complexity index is 571. The fourth-order valence-corrected chi connectivity index (χ4v) is 2.50. The van der Waals surface area contributed by atoms with Gasteiger partial charge in [0.05, 0.1) is 23.4 Å². The monoisotopic (exact) mass is 227 g/mol. The fourth-order valence-electron chi connectivity index (χ4n) is 2.50. The van der Waals surface area contributed by atoms with Crippen LogP contribution in [0.25, 0.3) is 0 Å². The van der Waals surface area contributed by atoms with Crippen molar-refractivity contribution < 1.29 is 9.21 Å². The minimum atomic E-state index is -0.0949. The van der Waals surface area contributed by atoms with Gasteiger partial charge in [0.15, 0.2) is 5.78 Å². The lowest BCUT2D eigenvalue weighted by atomic mass is 9.96. The number of furan rings is 1. The fraction of sp³-hybridized carbons (Fsp3) is 0.286. The molecule has 0 fully saturated rings. The van der Waals surface area contributed by atoms with Crippen molar-refractivity contribution in [3.05, 3.63) is 53.2 Å². The van der Waals surface area contributed by atoms with Crippen molar-refractivity contribution in [3.63, 3.8) is 0 Å². The first-order chi connectivity index (χ1) is 8.27. The SMILES string of the molecule is Cc1occc1C(=O)C1CCc2cccnc21. The minimum Gasteiger partial charge on any atom is -0.469 e. The third-order valence-corrected chi connectivity index (χ3v) is 3.40. The Morgan fingerprint density at radius 1 is 1.47 bits per heavy atom. The third kappa shape index (κ3) is 1.58. The number of nitrogens with zero attached hydrogens (tertiary/aromatic N) is 1. The lowest BCUT2D eigenvalue weighted by Crippen LogP contribution is -2.11. The van der Waals surface area contributed by atoms with Crippen molar-refractivity contribution in [1.82, 2.24) is 4.98 Å². The maximum Gasteiger partial charge on any atom is 0.175 e. The van der Waals surface area contributed by atoms with Crippen molar-refractivity contribution in [2.24, 2.45) is 0 Å². The van der Waals surface area contributed by atoms with Crippen LogP contribution in [-0.4, -0.2) is 10.8 Å². The van der Waals surface area contributed by atoms with Gasteiger partial charge in [-0.15, -0.1) is 0 Å². The van der Waals surface area contributed by atoms with E-state index < -0.39 is 0 Å². The summed E-state index contributed by atoms with van der Waals surface area (Å²) < 4.78 is 5.19. The Kier molecular flexibility index (Phi) is 2.32. The molecule has 2 aromatic heterocycles. The predicted octanol–water partition coefficient (Wildman–Crippen LogP) is 2.90. The quantitative estimate of drug-likeness (QED) is 0.741. The Morgan fingerprint density at radius 3 is 3.12 bits per heavy atom. The number of carbonyl (C=O) groups excluding carboxylic acids is 1. The Balaban J connectivity index is 1.98. The van der Waals surface area contributed by atoms with E-state index in [2.05, 4.69) is 11.1 Å². The van der Waals surface area contributed by atoms with Crippen LogP contribution < -0.4 is 0 Å². The van der Waals surface area contributed by atoms with Crippen LogP contribution in [0.3, 0.4) is 0 Å². The lowest BCUT2D eigenvalue weighted by Gasteiger charge is -2.08. The summed E-state index contributed by atoms with van der Waals surface area (Å²) in [7, 11) is 0. The van der Waals surface area contributed by atoms with Gasteiger partial charge in [0.25, 0.3) is 0 Å². The minimum absolute atomic E-state index is 0.0949. The molecule has 3 heteroatoms. The average Bonchev–Trinajstić information content (AvgIpc) is 2.94. The van der Waals surface area contributed by atoms with Crippen molar-refractivity contribution in [3.8, 4) is 0 Å². The summed E-state index contributed by atoms with van der Waals surface area (Å²) in [5.74, 6) is 0.732. The maximum absolute atomic E-state index is 12.4. The van der Waals surface area contributed by atoms with Crippen LogP contribution in [0.15, 0.2) is 35.1 Å². The molecule has 0 radical (unpaired) electrons. The second-order valence-electron chi connectivity index (χ2n) is 4.39. The molecule has 0 aromatic carbocycles. The van der Waals surface area contributed by atoms with Gasteiger partial charge in [-0.2, -0.15) is 0 Å². The number of rotatable bonds is 2. The van der Waals surface area contributed by atoms with E-state index in [1.165, 1.54) is 5.56 Å². The van der Waals surface area contributed by atoms with E-state index in [1.54, 1.807) is 18.5 Å². The van der Waals surface area contributed by atoms with Crippen LogP contribution in [0.4, 0.5) is 0 Å². The lowest BCUT2D eigenvalue weighted by molar-refractivity contribution is 0.0956. The molecule has 1 atom stereocenters.